The zero-order valence-electron chi connectivity index (χ0n) is 12.8. The maximum atomic E-state index is 11.7. The summed E-state index contributed by atoms with van der Waals surface area (Å²) in [6.45, 7) is 3.47. The molecule has 1 saturated carbocycles. The summed E-state index contributed by atoms with van der Waals surface area (Å²) in [5.74, 6) is 0.627. The summed E-state index contributed by atoms with van der Waals surface area (Å²) < 4.78 is 29.3. The maximum absolute atomic E-state index is 11.7. The van der Waals surface area contributed by atoms with Crippen molar-refractivity contribution in [3.05, 3.63) is 24.3 Å². The fraction of sp³-hybridized carbons (Fsp3) is 0.625. The Morgan fingerprint density at radius 3 is 2.67 bits per heavy atom. The van der Waals surface area contributed by atoms with Crippen LogP contribution in [0.4, 0.5) is 5.69 Å². The molecule has 1 N–H and O–H groups in total. The van der Waals surface area contributed by atoms with E-state index < -0.39 is 9.84 Å². The third kappa shape index (κ3) is 4.71. The lowest BCUT2D eigenvalue weighted by molar-refractivity contribution is 0.000380. The number of ether oxygens (including phenoxy) is 1. The molecule has 0 saturated heterocycles. The van der Waals surface area contributed by atoms with Crippen LogP contribution in [0.3, 0.4) is 0 Å². The average molecular weight is 311 g/mol. The molecule has 0 aromatic heterocycles. The third-order valence-corrected chi connectivity index (χ3v) is 5.22. The Kier molecular flexibility index (Phi) is 5.65. The number of hydrogen-bond donors (Lipinski definition) is 1. The molecule has 2 unspecified atom stereocenters. The fourth-order valence-corrected chi connectivity index (χ4v) is 3.73. The van der Waals surface area contributed by atoms with Gasteiger partial charge in [0.2, 0.25) is 0 Å². The highest BCUT2D eigenvalue weighted by Crippen LogP contribution is 2.26. The summed E-state index contributed by atoms with van der Waals surface area (Å²) in [5.41, 5.74) is 0.653. The van der Waals surface area contributed by atoms with Gasteiger partial charge < -0.3 is 10.1 Å². The molecule has 1 aliphatic carbocycles. The predicted octanol–water partition coefficient (Wildman–Crippen LogP) is 3.10. The molecular formula is C16H25NO3S. The quantitative estimate of drug-likeness (QED) is 0.820. The van der Waals surface area contributed by atoms with E-state index in [0.29, 0.717) is 35.8 Å². The Balaban J connectivity index is 1.84. The molecule has 0 radical (unpaired) electrons. The second kappa shape index (κ2) is 7.27. The van der Waals surface area contributed by atoms with E-state index in [0.717, 1.165) is 6.42 Å². The summed E-state index contributed by atoms with van der Waals surface area (Å²) in [6.07, 6.45) is 6.52. The van der Waals surface area contributed by atoms with Gasteiger partial charge in [-0.05, 0) is 30.9 Å². The lowest BCUT2D eigenvalue weighted by Gasteiger charge is -2.28. The van der Waals surface area contributed by atoms with Crippen molar-refractivity contribution in [3.8, 4) is 0 Å². The summed E-state index contributed by atoms with van der Waals surface area (Å²) in [7, 11) is -3.20. The number of sulfone groups is 1. The van der Waals surface area contributed by atoms with Crippen molar-refractivity contribution in [2.24, 2.45) is 5.92 Å². The minimum atomic E-state index is -3.20. The van der Waals surface area contributed by atoms with Gasteiger partial charge in [0.25, 0.3) is 0 Å². The first kappa shape index (κ1) is 16.3. The van der Waals surface area contributed by atoms with Crippen molar-refractivity contribution in [2.45, 2.75) is 43.6 Å². The molecule has 0 aliphatic heterocycles. The van der Waals surface area contributed by atoms with Crippen LogP contribution < -0.4 is 5.32 Å². The minimum absolute atomic E-state index is 0.344. The van der Waals surface area contributed by atoms with E-state index >= 15 is 0 Å². The van der Waals surface area contributed by atoms with Crippen molar-refractivity contribution >= 4 is 15.5 Å². The molecule has 1 fully saturated rings. The summed E-state index contributed by atoms with van der Waals surface area (Å²) in [5, 5.41) is 3.17. The Morgan fingerprint density at radius 2 is 1.95 bits per heavy atom. The minimum Gasteiger partial charge on any atom is -0.382 e. The first-order valence-corrected chi connectivity index (χ1v) is 9.52. The first-order valence-electron chi connectivity index (χ1n) is 7.63. The zero-order chi connectivity index (χ0) is 15.3. The first-order chi connectivity index (χ1) is 9.98. The molecular weight excluding hydrogens is 286 g/mol. The average Bonchev–Trinajstić information content (AvgIpc) is 2.45. The van der Waals surface area contributed by atoms with E-state index in [2.05, 4.69) is 12.2 Å². The second-order valence-electron chi connectivity index (χ2n) is 5.87. The molecule has 2 rings (SSSR count). The molecule has 2 atom stereocenters. The Labute approximate surface area is 127 Å². The maximum Gasteiger partial charge on any atom is 0.177 e. The van der Waals surface area contributed by atoms with Crippen LogP contribution in [-0.2, 0) is 14.6 Å². The summed E-state index contributed by atoms with van der Waals surface area (Å²) >= 11 is 0. The van der Waals surface area contributed by atoms with Crippen molar-refractivity contribution in [2.75, 3.05) is 24.7 Å². The Morgan fingerprint density at radius 1 is 1.24 bits per heavy atom. The molecule has 0 spiro atoms. The van der Waals surface area contributed by atoms with E-state index in [-0.39, 0.29) is 0 Å². The molecule has 0 heterocycles. The lowest BCUT2D eigenvalue weighted by Crippen LogP contribution is -2.27. The Bertz CT molecular complexity index is 556. The standard InChI is InChI=1S/C16H25NO3S/c1-13-7-3-5-9-15(13)20-12-11-17-14-8-4-6-10-16(14)21(2,18)19/h4,6,8,10,13,15,17H,3,5,7,9,11-12H2,1-2H3. The van der Waals surface area contributed by atoms with Crippen LogP contribution in [0.1, 0.15) is 32.6 Å². The van der Waals surface area contributed by atoms with E-state index in [4.69, 9.17) is 4.74 Å². The molecule has 4 nitrogen and oxygen atoms in total. The van der Waals surface area contributed by atoms with Gasteiger partial charge in [-0.2, -0.15) is 0 Å². The van der Waals surface area contributed by atoms with Crippen LogP contribution in [0.5, 0.6) is 0 Å². The van der Waals surface area contributed by atoms with Crippen LogP contribution in [0, 0.1) is 5.92 Å². The van der Waals surface area contributed by atoms with E-state index in [1.807, 2.05) is 6.07 Å². The molecule has 21 heavy (non-hydrogen) atoms. The van der Waals surface area contributed by atoms with Gasteiger partial charge >= 0.3 is 0 Å². The summed E-state index contributed by atoms with van der Waals surface area (Å²) in [4.78, 5) is 0.344. The van der Waals surface area contributed by atoms with Crippen LogP contribution >= 0.6 is 0 Å². The highest BCUT2D eigenvalue weighted by molar-refractivity contribution is 7.90. The monoisotopic (exact) mass is 311 g/mol. The van der Waals surface area contributed by atoms with E-state index in [1.165, 1.54) is 25.5 Å². The number of anilines is 1. The van der Waals surface area contributed by atoms with Gasteiger partial charge in [-0.1, -0.05) is 31.9 Å². The molecule has 1 aliphatic rings. The van der Waals surface area contributed by atoms with Crippen molar-refractivity contribution in [3.63, 3.8) is 0 Å². The molecule has 5 heteroatoms. The smallest absolute Gasteiger partial charge is 0.177 e. The topological polar surface area (TPSA) is 55.4 Å². The van der Waals surface area contributed by atoms with Gasteiger partial charge in [-0.3, -0.25) is 0 Å². The van der Waals surface area contributed by atoms with Gasteiger partial charge in [0.05, 0.1) is 23.3 Å². The fourth-order valence-electron chi connectivity index (χ4n) is 2.86. The summed E-state index contributed by atoms with van der Waals surface area (Å²) in [6, 6.07) is 6.99. The van der Waals surface area contributed by atoms with E-state index in [1.54, 1.807) is 18.2 Å². The third-order valence-electron chi connectivity index (χ3n) is 4.07. The van der Waals surface area contributed by atoms with Crippen molar-refractivity contribution < 1.29 is 13.2 Å². The highest BCUT2D eigenvalue weighted by atomic mass is 32.2. The van der Waals surface area contributed by atoms with Crippen LogP contribution in [0.25, 0.3) is 0 Å². The predicted molar refractivity (Wildman–Crippen MR) is 85.4 cm³/mol. The highest BCUT2D eigenvalue weighted by Gasteiger charge is 2.21. The molecule has 118 valence electrons. The van der Waals surface area contributed by atoms with Crippen LogP contribution in [0.2, 0.25) is 0 Å². The molecule has 0 bridgehead atoms. The van der Waals surface area contributed by atoms with Crippen LogP contribution in [-0.4, -0.2) is 33.9 Å². The number of para-hydroxylation sites is 1. The van der Waals surface area contributed by atoms with Gasteiger partial charge in [-0.15, -0.1) is 0 Å². The van der Waals surface area contributed by atoms with Crippen molar-refractivity contribution in [1.29, 1.82) is 0 Å². The number of rotatable bonds is 6. The molecule has 0 amide bonds. The molecule has 1 aromatic rings. The SMILES string of the molecule is CC1CCCCC1OCCNc1ccccc1S(C)(=O)=O. The van der Waals surface area contributed by atoms with Crippen LogP contribution in [0.15, 0.2) is 29.2 Å². The normalized spacial score (nSPS) is 23.0. The van der Waals surface area contributed by atoms with Gasteiger partial charge in [-0.25, -0.2) is 8.42 Å². The lowest BCUT2D eigenvalue weighted by atomic mass is 9.88. The molecule has 1 aromatic carbocycles. The number of nitrogens with one attached hydrogen (secondary N) is 1. The number of benzene rings is 1. The van der Waals surface area contributed by atoms with Gasteiger partial charge in [0.15, 0.2) is 9.84 Å². The second-order valence-corrected chi connectivity index (χ2v) is 7.85. The zero-order valence-corrected chi connectivity index (χ0v) is 13.7. The van der Waals surface area contributed by atoms with E-state index in [9.17, 15) is 8.42 Å². The van der Waals surface area contributed by atoms with Gasteiger partial charge in [0.1, 0.15) is 0 Å². The largest absolute Gasteiger partial charge is 0.382 e. The van der Waals surface area contributed by atoms with Gasteiger partial charge in [0, 0.05) is 12.8 Å². The number of hydrogen-bond acceptors (Lipinski definition) is 4. The van der Waals surface area contributed by atoms with Crippen molar-refractivity contribution in [1.82, 2.24) is 0 Å². The Hall–Kier alpha value is -1.07.